The Balaban J connectivity index is 2.36. The van der Waals surface area contributed by atoms with Crippen molar-refractivity contribution < 1.29 is 9.47 Å². The molecule has 0 saturated carbocycles. The zero-order valence-electron chi connectivity index (χ0n) is 9.61. The van der Waals surface area contributed by atoms with Crippen LogP contribution in [-0.2, 0) is 16.0 Å². The van der Waals surface area contributed by atoms with E-state index in [0.29, 0.717) is 0 Å². The lowest BCUT2D eigenvalue weighted by atomic mass is 10.3. The first kappa shape index (κ1) is 12.6. The monoisotopic (exact) mass is 230 g/mol. The predicted octanol–water partition coefficient (Wildman–Crippen LogP) is 1.55. The highest BCUT2D eigenvalue weighted by atomic mass is 32.1. The summed E-state index contributed by atoms with van der Waals surface area (Å²) in [5.74, 6) is 0. The Morgan fingerprint density at radius 2 is 2.13 bits per heavy atom. The molecule has 1 rings (SSSR count). The molecule has 0 aliphatic carbocycles. The van der Waals surface area contributed by atoms with Crippen molar-refractivity contribution in [3.8, 4) is 0 Å². The fourth-order valence-electron chi connectivity index (χ4n) is 1.33. The summed E-state index contributed by atoms with van der Waals surface area (Å²) in [7, 11) is 3.28. The highest BCUT2D eigenvalue weighted by Crippen LogP contribution is 2.09. The van der Waals surface area contributed by atoms with Crippen LogP contribution in [0.3, 0.4) is 0 Å². The minimum absolute atomic E-state index is 0.143. The Hall–Kier alpha value is -0.490. The van der Waals surface area contributed by atoms with Crippen LogP contribution < -0.4 is 5.32 Å². The molecule has 0 aromatic carbocycles. The van der Waals surface area contributed by atoms with Crippen LogP contribution >= 0.6 is 11.3 Å². The van der Waals surface area contributed by atoms with E-state index < -0.39 is 0 Å². The van der Waals surface area contributed by atoms with Crippen molar-refractivity contribution in [3.63, 3.8) is 0 Å². The molecule has 0 saturated heterocycles. The van der Waals surface area contributed by atoms with Crippen molar-refractivity contribution in [3.05, 3.63) is 16.1 Å². The summed E-state index contributed by atoms with van der Waals surface area (Å²) in [5.41, 5.74) is 1.07. The van der Waals surface area contributed by atoms with Crippen molar-refractivity contribution >= 4 is 11.3 Å². The summed E-state index contributed by atoms with van der Waals surface area (Å²) in [6.45, 7) is 4.78. The van der Waals surface area contributed by atoms with Gasteiger partial charge in [-0.05, 0) is 13.8 Å². The second kappa shape index (κ2) is 6.17. The van der Waals surface area contributed by atoms with Crippen LogP contribution in [0.15, 0.2) is 5.38 Å². The molecule has 1 atom stereocenters. The second-order valence-corrected chi connectivity index (χ2v) is 4.33. The van der Waals surface area contributed by atoms with Gasteiger partial charge in [0.25, 0.3) is 0 Å². The second-order valence-electron chi connectivity index (χ2n) is 3.39. The van der Waals surface area contributed by atoms with Crippen molar-refractivity contribution in [1.29, 1.82) is 0 Å². The molecule has 0 aliphatic heterocycles. The lowest BCUT2D eigenvalue weighted by Crippen LogP contribution is -2.39. The summed E-state index contributed by atoms with van der Waals surface area (Å²) < 4.78 is 10.3. The van der Waals surface area contributed by atoms with Crippen molar-refractivity contribution in [1.82, 2.24) is 10.3 Å². The summed E-state index contributed by atoms with van der Waals surface area (Å²) in [6.07, 6.45) is -0.217. The molecule has 1 N–H and O–H groups in total. The van der Waals surface area contributed by atoms with Gasteiger partial charge >= 0.3 is 0 Å². The normalized spacial score (nSPS) is 13.4. The molecule has 0 amide bonds. The minimum atomic E-state index is -0.217. The first-order chi connectivity index (χ1) is 7.17. The number of methoxy groups -OCH3 is 2. The first-order valence-electron chi connectivity index (χ1n) is 4.87. The van der Waals surface area contributed by atoms with Crippen LogP contribution in [0.1, 0.15) is 17.6 Å². The van der Waals surface area contributed by atoms with E-state index >= 15 is 0 Å². The average molecular weight is 230 g/mol. The maximum Gasteiger partial charge on any atom is 0.171 e. The van der Waals surface area contributed by atoms with E-state index in [1.807, 2.05) is 19.2 Å². The molecule has 4 nitrogen and oxygen atoms in total. The van der Waals surface area contributed by atoms with Gasteiger partial charge < -0.3 is 14.8 Å². The maximum atomic E-state index is 5.15. The number of aryl methyl sites for hydroxylation is 1. The van der Waals surface area contributed by atoms with Crippen LogP contribution in [0.25, 0.3) is 0 Å². The molecule has 0 fully saturated rings. The minimum Gasteiger partial charge on any atom is -0.354 e. The molecule has 0 bridgehead atoms. The molecule has 0 spiro atoms. The lowest BCUT2D eigenvalue weighted by Gasteiger charge is -2.21. The molecule has 86 valence electrons. The van der Waals surface area contributed by atoms with Gasteiger partial charge in [0.15, 0.2) is 6.29 Å². The van der Waals surface area contributed by atoms with Crippen molar-refractivity contribution in [2.75, 3.05) is 14.2 Å². The molecule has 1 heterocycles. The number of aromatic nitrogens is 1. The molecular weight excluding hydrogens is 212 g/mol. The van der Waals surface area contributed by atoms with Crippen molar-refractivity contribution in [2.24, 2.45) is 0 Å². The highest BCUT2D eigenvalue weighted by Gasteiger charge is 2.15. The number of ether oxygens (including phenoxy) is 2. The lowest BCUT2D eigenvalue weighted by molar-refractivity contribution is -0.119. The third kappa shape index (κ3) is 3.87. The summed E-state index contributed by atoms with van der Waals surface area (Å²) in [4.78, 5) is 4.37. The molecule has 15 heavy (non-hydrogen) atoms. The predicted molar refractivity (Wildman–Crippen MR) is 61.0 cm³/mol. The summed E-state index contributed by atoms with van der Waals surface area (Å²) in [5, 5.41) is 6.45. The third-order valence-corrected chi connectivity index (χ3v) is 3.08. The SMILES string of the molecule is COC(OC)C(C)NCc1nc(C)cs1. The van der Waals surface area contributed by atoms with E-state index in [0.717, 1.165) is 17.2 Å². The van der Waals surface area contributed by atoms with Gasteiger partial charge in [-0.1, -0.05) is 0 Å². The number of nitrogens with one attached hydrogen (secondary N) is 1. The fraction of sp³-hybridized carbons (Fsp3) is 0.700. The summed E-state index contributed by atoms with van der Waals surface area (Å²) >= 11 is 1.66. The van der Waals surface area contributed by atoms with Crippen molar-refractivity contribution in [2.45, 2.75) is 32.7 Å². The fourth-order valence-corrected chi connectivity index (χ4v) is 2.06. The Morgan fingerprint density at radius 1 is 1.47 bits per heavy atom. The highest BCUT2D eigenvalue weighted by molar-refractivity contribution is 7.09. The van der Waals surface area contributed by atoms with E-state index in [1.165, 1.54) is 0 Å². The van der Waals surface area contributed by atoms with Crippen LogP contribution in [0.4, 0.5) is 0 Å². The van der Waals surface area contributed by atoms with Gasteiger partial charge in [0.2, 0.25) is 0 Å². The number of hydrogen-bond donors (Lipinski definition) is 1. The van der Waals surface area contributed by atoms with Gasteiger partial charge in [-0.2, -0.15) is 0 Å². The first-order valence-corrected chi connectivity index (χ1v) is 5.75. The Morgan fingerprint density at radius 3 is 2.60 bits per heavy atom. The molecule has 0 radical (unpaired) electrons. The van der Waals surface area contributed by atoms with E-state index in [-0.39, 0.29) is 12.3 Å². The largest absolute Gasteiger partial charge is 0.354 e. The Bertz CT molecular complexity index is 287. The Kier molecular flexibility index (Phi) is 5.17. The van der Waals surface area contributed by atoms with Gasteiger partial charge in [-0.15, -0.1) is 11.3 Å². The van der Waals surface area contributed by atoms with Gasteiger partial charge in [-0.25, -0.2) is 4.98 Å². The van der Waals surface area contributed by atoms with Crippen LogP contribution in [0.2, 0.25) is 0 Å². The van der Waals surface area contributed by atoms with E-state index in [2.05, 4.69) is 10.3 Å². The van der Waals surface area contributed by atoms with E-state index in [4.69, 9.17) is 9.47 Å². The number of hydrogen-bond acceptors (Lipinski definition) is 5. The topological polar surface area (TPSA) is 43.4 Å². The van der Waals surface area contributed by atoms with E-state index in [1.54, 1.807) is 25.6 Å². The van der Waals surface area contributed by atoms with Gasteiger partial charge in [0.05, 0.1) is 6.04 Å². The number of thiazole rings is 1. The molecule has 1 aromatic rings. The molecule has 1 unspecified atom stereocenters. The van der Waals surface area contributed by atoms with Gasteiger partial charge in [-0.3, -0.25) is 0 Å². The van der Waals surface area contributed by atoms with Gasteiger partial charge in [0, 0.05) is 31.8 Å². The maximum absolute atomic E-state index is 5.15. The summed E-state index contributed by atoms with van der Waals surface area (Å²) in [6, 6.07) is 0.143. The van der Waals surface area contributed by atoms with Gasteiger partial charge in [0.1, 0.15) is 5.01 Å². The molecular formula is C10H18N2O2S. The van der Waals surface area contributed by atoms with E-state index in [9.17, 15) is 0 Å². The smallest absolute Gasteiger partial charge is 0.171 e. The third-order valence-electron chi connectivity index (χ3n) is 2.11. The zero-order valence-corrected chi connectivity index (χ0v) is 10.4. The van der Waals surface area contributed by atoms with Crippen LogP contribution in [-0.4, -0.2) is 31.5 Å². The molecule has 5 heteroatoms. The number of nitrogens with zero attached hydrogens (tertiary/aromatic N) is 1. The standard InChI is InChI=1S/C10H18N2O2S/c1-7-6-15-9(12-7)5-11-8(2)10(13-3)14-4/h6,8,10-11H,5H2,1-4H3. The Labute approximate surface area is 94.6 Å². The average Bonchev–Trinajstić information content (AvgIpc) is 2.63. The van der Waals surface area contributed by atoms with Crippen LogP contribution in [0, 0.1) is 6.92 Å². The zero-order chi connectivity index (χ0) is 11.3. The quantitative estimate of drug-likeness (QED) is 0.753. The number of rotatable bonds is 6. The molecule has 1 aromatic heterocycles. The van der Waals surface area contributed by atoms with Crippen LogP contribution in [0.5, 0.6) is 0 Å². The molecule has 0 aliphatic rings.